The average Bonchev–Trinajstić information content (AvgIpc) is 2.63. The maximum atomic E-state index is 10.9. The SMILES string of the molecule is O=C1NC2C3C=CC(C3)C2CO1. The number of hydrogen-bond donors (Lipinski definition) is 1. The summed E-state index contributed by atoms with van der Waals surface area (Å²) in [6, 6.07) is 0.362. The van der Waals surface area contributed by atoms with Gasteiger partial charge in [-0.3, -0.25) is 0 Å². The fraction of sp³-hybridized carbons (Fsp3) is 0.667. The van der Waals surface area contributed by atoms with Gasteiger partial charge in [0.15, 0.2) is 0 Å². The lowest BCUT2D eigenvalue weighted by Crippen LogP contribution is -2.49. The summed E-state index contributed by atoms with van der Waals surface area (Å²) in [7, 11) is 0. The lowest BCUT2D eigenvalue weighted by atomic mass is 9.89. The number of cyclic esters (lactones) is 1. The van der Waals surface area contributed by atoms with Crippen molar-refractivity contribution in [2.45, 2.75) is 12.5 Å². The number of carbonyl (C=O) groups excluding carboxylic acids is 1. The third-order valence-electron chi connectivity index (χ3n) is 3.31. The van der Waals surface area contributed by atoms with Gasteiger partial charge in [0.2, 0.25) is 0 Å². The Balaban J connectivity index is 1.90. The molecule has 3 aliphatic rings. The predicted octanol–water partition coefficient (Wildman–Crippen LogP) is 0.917. The van der Waals surface area contributed by atoms with Crippen molar-refractivity contribution >= 4 is 6.09 Å². The van der Waals surface area contributed by atoms with Crippen LogP contribution >= 0.6 is 0 Å². The van der Waals surface area contributed by atoms with E-state index in [0.29, 0.717) is 30.4 Å². The first-order valence-electron chi connectivity index (χ1n) is 4.46. The molecule has 3 nitrogen and oxygen atoms in total. The first kappa shape index (κ1) is 6.52. The van der Waals surface area contributed by atoms with Gasteiger partial charge < -0.3 is 10.1 Å². The maximum absolute atomic E-state index is 10.9. The minimum absolute atomic E-state index is 0.239. The molecule has 0 radical (unpaired) electrons. The van der Waals surface area contributed by atoms with E-state index in [1.807, 2.05) is 0 Å². The number of fused-ring (bicyclic) bond motifs is 5. The van der Waals surface area contributed by atoms with Crippen LogP contribution in [0.25, 0.3) is 0 Å². The molecule has 4 unspecified atom stereocenters. The fourth-order valence-corrected chi connectivity index (χ4v) is 2.72. The molecule has 2 bridgehead atoms. The molecule has 64 valence electrons. The van der Waals surface area contributed by atoms with Gasteiger partial charge in [0.1, 0.15) is 0 Å². The molecule has 1 aliphatic heterocycles. The molecule has 1 saturated heterocycles. The molecule has 1 N–H and O–H groups in total. The molecule has 1 saturated carbocycles. The molecular weight excluding hydrogens is 154 g/mol. The smallest absolute Gasteiger partial charge is 0.407 e. The highest BCUT2D eigenvalue weighted by atomic mass is 16.6. The van der Waals surface area contributed by atoms with Crippen LogP contribution in [0.2, 0.25) is 0 Å². The number of carbonyl (C=O) groups is 1. The van der Waals surface area contributed by atoms with Gasteiger partial charge in [-0.05, 0) is 18.3 Å². The van der Waals surface area contributed by atoms with E-state index in [4.69, 9.17) is 4.74 Å². The zero-order valence-electron chi connectivity index (χ0n) is 6.69. The van der Waals surface area contributed by atoms with Crippen LogP contribution in [0.4, 0.5) is 4.79 Å². The lowest BCUT2D eigenvalue weighted by molar-refractivity contribution is 0.0769. The Kier molecular flexibility index (Phi) is 1.10. The van der Waals surface area contributed by atoms with E-state index in [-0.39, 0.29) is 6.09 Å². The van der Waals surface area contributed by atoms with Crippen molar-refractivity contribution in [3.63, 3.8) is 0 Å². The molecular formula is C9H11NO2. The van der Waals surface area contributed by atoms with Gasteiger partial charge in [-0.2, -0.15) is 0 Å². The van der Waals surface area contributed by atoms with Crippen LogP contribution in [0.3, 0.4) is 0 Å². The molecule has 0 aromatic rings. The first-order chi connectivity index (χ1) is 5.84. The van der Waals surface area contributed by atoms with Crippen molar-refractivity contribution < 1.29 is 9.53 Å². The largest absolute Gasteiger partial charge is 0.449 e. The van der Waals surface area contributed by atoms with Crippen LogP contribution in [0.1, 0.15) is 6.42 Å². The molecule has 2 fully saturated rings. The fourth-order valence-electron chi connectivity index (χ4n) is 2.72. The van der Waals surface area contributed by atoms with Crippen LogP contribution in [0.15, 0.2) is 12.2 Å². The van der Waals surface area contributed by atoms with E-state index < -0.39 is 0 Å². The number of rotatable bonds is 0. The van der Waals surface area contributed by atoms with E-state index in [1.54, 1.807) is 0 Å². The number of nitrogens with one attached hydrogen (secondary N) is 1. The summed E-state index contributed by atoms with van der Waals surface area (Å²) < 4.78 is 4.96. The van der Waals surface area contributed by atoms with Gasteiger partial charge >= 0.3 is 6.09 Å². The summed E-state index contributed by atoms with van der Waals surface area (Å²) in [5.74, 6) is 1.77. The second-order valence-electron chi connectivity index (χ2n) is 3.88. The Morgan fingerprint density at radius 1 is 1.42 bits per heavy atom. The number of amides is 1. The van der Waals surface area contributed by atoms with Gasteiger partial charge in [0.25, 0.3) is 0 Å². The molecule has 1 amide bonds. The van der Waals surface area contributed by atoms with Crippen molar-refractivity contribution in [3.8, 4) is 0 Å². The summed E-state index contributed by atoms with van der Waals surface area (Å²) >= 11 is 0. The second-order valence-corrected chi connectivity index (χ2v) is 3.88. The number of ether oxygens (including phenoxy) is 1. The molecule has 0 spiro atoms. The topological polar surface area (TPSA) is 38.3 Å². The zero-order chi connectivity index (χ0) is 8.13. The van der Waals surface area contributed by atoms with E-state index >= 15 is 0 Å². The van der Waals surface area contributed by atoms with Crippen LogP contribution in [-0.2, 0) is 4.74 Å². The van der Waals surface area contributed by atoms with Crippen molar-refractivity contribution in [1.29, 1.82) is 0 Å². The molecule has 2 aliphatic carbocycles. The molecule has 3 rings (SSSR count). The normalized spacial score (nSPS) is 48.5. The third-order valence-corrected chi connectivity index (χ3v) is 3.31. The molecule has 0 aromatic heterocycles. The second kappa shape index (κ2) is 2.03. The van der Waals surface area contributed by atoms with Crippen LogP contribution in [-0.4, -0.2) is 18.7 Å². The summed E-state index contributed by atoms with van der Waals surface area (Å²) in [5.41, 5.74) is 0. The Labute approximate surface area is 70.8 Å². The van der Waals surface area contributed by atoms with Crippen LogP contribution < -0.4 is 5.32 Å². The van der Waals surface area contributed by atoms with Gasteiger partial charge in [0, 0.05) is 12.0 Å². The van der Waals surface area contributed by atoms with E-state index in [0.717, 1.165) is 0 Å². The summed E-state index contributed by atoms with van der Waals surface area (Å²) in [4.78, 5) is 10.9. The van der Waals surface area contributed by atoms with Gasteiger partial charge in [0.05, 0.1) is 6.61 Å². The van der Waals surface area contributed by atoms with Gasteiger partial charge in [-0.15, -0.1) is 0 Å². The monoisotopic (exact) mass is 165 g/mol. The standard InChI is InChI=1S/C9H11NO2/c11-9-10-8-6-2-1-5(3-6)7(8)4-12-9/h1-2,5-8H,3-4H2,(H,10,11). The summed E-state index contributed by atoms with van der Waals surface area (Å²) in [6.45, 7) is 0.613. The molecule has 12 heavy (non-hydrogen) atoms. The Morgan fingerprint density at radius 2 is 2.25 bits per heavy atom. The third kappa shape index (κ3) is 0.687. The highest BCUT2D eigenvalue weighted by Crippen LogP contribution is 2.44. The summed E-state index contributed by atoms with van der Waals surface area (Å²) in [5, 5.41) is 2.90. The van der Waals surface area contributed by atoms with Crippen molar-refractivity contribution in [1.82, 2.24) is 5.32 Å². The molecule has 3 heteroatoms. The van der Waals surface area contributed by atoms with Crippen molar-refractivity contribution in [2.75, 3.05) is 6.61 Å². The number of allylic oxidation sites excluding steroid dienone is 1. The van der Waals surface area contributed by atoms with E-state index in [9.17, 15) is 4.79 Å². The Hall–Kier alpha value is -0.990. The van der Waals surface area contributed by atoms with Gasteiger partial charge in [-0.25, -0.2) is 4.79 Å². The maximum Gasteiger partial charge on any atom is 0.407 e. The number of hydrogen-bond acceptors (Lipinski definition) is 2. The minimum Gasteiger partial charge on any atom is -0.449 e. The lowest BCUT2D eigenvalue weighted by Gasteiger charge is -2.32. The number of alkyl carbamates (subject to hydrolysis) is 1. The Bertz CT molecular complexity index is 261. The summed E-state index contributed by atoms with van der Waals surface area (Å²) in [6.07, 6.45) is 5.47. The van der Waals surface area contributed by atoms with Crippen LogP contribution in [0, 0.1) is 17.8 Å². The van der Waals surface area contributed by atoms with Gasteiger partial charge in [-0.1, -0.05) is 12.2 Å². The Morgan fingerprint density at radius 3 is 3.17 bits per heavy atom. The first-order valence-corrected chi connectivity index (χ1v) is 4.46. The molecule has 1 heterocycles. The zero-order valence-corrected chi connectivity index (χ0v) is 6.69. The van der Waals surface area contributed by atoms with E-state index in [1.165, 1.54) is 6.42 Å². The van der Waals surface area contributed by atoms with Crippen molar-refractivity contribution in [3.05, 3.63) is 12.2 Å². The quantitative estimate of drug-likeness (QED) is 0.542. The molecule has 4 atom stereocenters. The van der Waals surface area contributed by atoms with Crippen molar-refractivity contribution in [2.24, 2.45) is 17.8 Å². The average molecular weight is 165 g/mol. The van der Waals surface area contributed by atoms with E-state index in [2.05, 4.69) is 17.5 Å². The highest BCUT2D eigenvalue weighted by Gasteiger charge is 2.47. The minimum atomic E-state index is -0.239. The van der Waals surface area contributed by atoms with Crippen LogP contribution in [0.5, 0.6) is 0 Å². The molecule has 0 aromatic carbocycles. The highest BCUT2D eigenvalue weighted by molar-refractivity contribution is 5.68. The predicted molar refractivity (Wildman–Crippen MR) is 42.5 cm³/mol.